The first-order valence-corrected chi connectivity index (χ1v) is 8.61. The summed E-state index contributed by atoms with van der Waals surface area (Å²) in [6.07, 6.45) is 0. The van der Waals surface area contributed by atoms with Crippen molar-refractivity contribution in [1.82, 2.24) is 4.72 Å². The van der Waals surface area contributed by atoms with Crippen LogP contribution < -0.4 is 9.46 Å². The number of aliphatic hydroxyl groups is 1. The zero-order valence-electron chi connectivity index (χ0n) is 11.7. The Morgan fingerprint density at radius 2 is 1.95 bits per heavy atom. The molecule has 2 rings (SSSR count). The van der Waals surface area contributed by atoms with Crippen LogP contribution in [0.4, 0.5) is 0 Å². The fourth-order valence-corrected chi connectivity index (χ4v) is 3.66. The van der Waals surface area contributed by atoms with Gasteiger partial charge in [0.15, 0.2) is 0 Å². The van der Waals surface area contributed by atoms with Crippen LogP contribution in [0, 0.1) is 0 Å². The second-order valence-corrected chi connectivity index (χ2v) is 7.47. The zero-order valence-corrected chi connectivity index (χ0v) is 13.4. The van der Waals surface area contributed by atoms with E-state index in [0.717, 1.165) is 0 Å². The molecule has 0 radical (unpaired) electrons. The van der Waals surface area contributed by atoms with Crippen molar-refractivity contribution in [2.75, 3.05) is 13.7 Å². The number of ether oxygens (including phenoxy) is 1. The minimum Gasteiger partial charge on any atom is -0.497 e. The van der Waals surface area contributed by atoms with Gasteiger partial charge in [-0.1, -0.05) is 6.07 Å². The number of rotatable bonds is 6. The molecule has 0 aliphatic carbocycles. The van der Waals surface area contributed by atoms with Crippen LogP contribution in [-0.4, -0.2) is 27.2 Å². The lowest BCUT2D eigenvalue weighted by molar-refractivity contribution is 0.0666. The summed E-state index contributed by atoms with van der Waals surface area (Å²) in [7, 11) is -2.16. The standard InChI is InChI=1S/C14H17NO4S2/c1-14(16,13-4-3-9-20-13)10-15-21(17,18)12-7-5-11(19-2)6-8-12/h3-9,15-16H,10H2,1-2H3. The fourth-order valence-electron chi connectivity index (χ4n) is 1.75. The Bertz CT molecular complexity index is 676. The minimum absolute atomic E-state index is 0.0954. The van der Waals surface area contributed by atoms with Crippen molar-refractivity contribution >= 4 is 21.4 Å². The van der Waals surface area contributed by atoms with Gasteiger partial charge in [0.25, 0.3) is 0 Å². The molecule has 0 aliphatic heterocycles. The van der Waals surface area contributed by atoms with E-state index in [2.05, 4.69) is 4.72 Å². The van der Waals surface area contributed by atoms with Crippen molar-refractivity contribution in [3.05, 3.63) is 46.7 Å². The summed E-state index contributed by atoms with van der Waals surface area (Å²) in [5.74, 6) is 0.583. The molecule has 0 amide bonds. The molecule has 1 atom stereocenters. The second-order valence-electron chi connectivity index (χ2n) is 4.75. The highest BCUT2D eigenvalue weighted by Crippen LogP contribution is 2.25. The molecule has 2 aromatic rings. The highest BCUT2D eigenvalue weighted by atomic mass is 32.2. The predicted octanol–water partition coefficient (Wildman–Crippen LogP) is 1.94. The number of nitrogens with one attached hydrogen (secondary N) is 1. The lowest BCUT2D eigenvalue weighted by Crippen LogP contribution is -2.38. The van der Waals surface area contributed by atoms with E-state index < -0.39 is 15.6 Å². The van der Waals surface area contributed by atoms with Crippen molar-refractivity contribution in [3.8, 4) is 5.75 Å². The van der Waals surface area contributed by atoms with Crippen molar-refractivity contribution in [3.63, 3.8) is 0 Å². The molecule has 1 aromatic carbocycles. The summed E-state index contributed by atoms with van der Waals surface area (Å²) in [5.41, 5.74) is -1.24. The van der Waals surface area contributed by atoms with Crippen molar-refractivity contribution in [2.24, 2.45) is 0 Å². The lowest BCUT2D eigenvalue weighted by Gasteiger charge is -2.22. The molecule has 0 bridgehead atoms. The molecule has 1 aromatic heterocycles. The molecule has 0 saturated heterocycles. The maximum absolute atomic E-state index is 12.2. The molecule has 0 saturated carbocycles. The molecule has 1 heterocycles. The van der Waals surface area contributed by atoms with Gasteiger partial charge in [-0.15, -0.1) is 11.3 Å². The fraction of sp³-hybridized carbons (Fsp3) is 0.286. The van der Waals surface area contributed by atoms with Gasteiger partial charge in [0.1, 0.15) is 11.4 Å². The van der Waals surface area contributed by atoms with Crippen molar-refractivity contribution in [1.29, 1.82) is 0 Å². The number of hydrogen-bond donors (Lipinski definition) is 2. The number of benzene rings is 1. The van der Waals surface area contributed by atoms with Crippen LogP contribution >= 0.6 is 11.3 Å². The van der Waals surface area contributed by atoms with Gasteiger partial charge in [0, 0.05) is 11.4 Å². The third kappa shape index (κ3) is 3.82. The molecular weight excluding hydrogens is 310 g/mol. The van der Waals surface area contributed by atoms with Gasteiger partial charge in [-0.25, -0.2) is 13.1 Å². The summed E-state index contributed by atoms with van der Waals surface area (Å²) in [6, 6.07) is 9.65. The van der Waals surface area contributed by atoms with Gasteiger partial charge in [0.05, 0.1) is 12.0 Å². The quantitative estimate of drug-likeness (QED) is 0.850. The maximum Gasteiger partial charge on any atom is 0.240 e. The Hall–Kier alpha value is -1.41. The van der Waals surface area contributed by atoms with Crippen LogP contribution in [0.25, 0.3) is 0 Å². The van der Waals surface area contributed by atoms with Crippen LogP contribution in [-0.2, 0) is 15.6 Å². The van der Waals surface area contributed by atoms with Crippen LogP contribution in [0.1, 0.15) is 11.8 Å². The zero-order chi connectivity index (χ0) is 15.5. The molecule has 0 spiro atoms. The van der Waals surface area contributed by atoms with Gasteiger partial charge >= 0.3 is 0 Å². The molecule has 5 nitrogen and oxygen atoms in total. The maximum atomic E-state index is 12.2. The van der Waals surface area contributed by atoms with E-state index in [1.54, 1.807) is 25.1 Å². The molecule has 114 valence electrons. The second kappa shape index (κ2) is 6.15. The summed E-state index contributed by atoms with van der Waals surface area (Å²) < 4.78 is 31.8. The first kappa shape index (κ1) is 16.0. The minimum atomic E-state index is -3.67. The van der Waals surface area contributed by atoms with E-state index >= 15 is 0 Å². The number of hydrogen-bond acceptors (Lipinski definition) is 5. The summed E-state index contributed by atoms with van der Waals surface area (Å²) in [5, 5.41) is 12.2. The molecule has 0 fully saturated rings. The van der Waals surface area contributed by atoms with Crippen LogP contribution in [0.2, 0.25) is 0 Å². The monoisotopic (exact) mass is 327 g/mol. The van der Waals surface area contributed by atoms with Gasteiger partial charge < -0.3 is 9.84 Å². The molecule has 1 unspecified atom stereocenters. The van der Waals surface area contributed by atoms with E-state index in [0.29, 0.717) is 10.6 Å². The smallest absolute Gasteiger partial charge is 0.240 e. The Morgan fingerprint density at radius 3 is 2.48 bits per heavy atom. The third-order valence-corrected chi connectivity index (χ3v) is 5.57. The van der Waals surface area contributed by atoms with Crippen molar-refractivity contribution < 1.29 is 18.3 Å². The van der Waals surface area contributed by atoms with Gasteiger partial charge in [-0.3, -0.25) is 0 Å². The van der Waals surface area contributed by atoms with E-state index in [9.17, 15) is 13.5 Å². The Labute approximate surface area is 128 Å². The largest absolute Gasteiger partial charge is 0.497 e. The average Bonchev–Trinajstić information content (AvgIpc) is 3.01. The Kier molecular flexibility index (Phi) is 4.67. The summed E-state index contributed by atoms with van der Waals surface area (Å²) >= 11 is 1.38. The third-order valence-electron chi connectivity index (χ3n) is 3.03. The molecular formula is C14H17NO4S2. The molecule has 0 aliphatic rings. The number of thiophene rings is 1. The van der Waals surface area contributed by atoms with Gasteiger partial charge in [-0.2, -0.15) is 0 Å². The molecule has 2 N–H and O–H groups in total. The molecule has 21 heavy (non-hydrogen) atoms. The van der Waals surface area contributed by atoms with E-state index in [-0.39, 0.29) is 11.4 Å². The van der Waals surface area contributed by atoms with Crippen LogP contribution in [0.3, 0.4) is 0 Å². The Morgan fingerprint density at radius 1 is 1.29 bits per heavy atom. The first-order valence-electron chi connectivity index (χ1n) is 6.25. The van der Waals surface area contributed by atoms with E-state index in [4.69, 9.17) is 4.74 Å². The van der Waals surface area contributed by atoms with E-state index in [1.165, 1.54) is 30.6 Å². The number of sulfonamides is 1. The summed E-state index contributed by atoms with van der Waals surface area (Å²) in [4.78, 5) is 0.838. The van der Waals surface area contributed by atoms with E-state index in [1.807, 2.05) is 11.4 Å². The highest BCUT2D eigenvalue weighted by Gasteiger charge is 2.27. The summed E-state index contributed by atoms with van der Waals surface area (Å²) in [6.45, 7) is 1.48. The average molecular weight is 327 g/mol. The number of methoxy groups -OCH3 is 1. The topological polar surface area (TPSA) is 75.6 Å². The van der Waals surface area contributed by atoms with Crippen molar-refractivity contribution in [2.45, 2.75) is 17.4 Å². The molecule has 7 heteroatoms. The first-order chi connectivity index (χ1) is 9.85. The van der Waals surface area contributed by atoms with Gasteiger partial charge in [0.2, 0.25) is 10.0 Å². The SMILES string of the molecule is COc1ccc(S(=O)(=O)NCC(C)(O)c2cccs2)cc1. The highest BCUT2D eigenvalue weighted by molar-refractivity contribution is 7.89. The predicted molar refractivity (Wildman–Crippen MR) is 82.1 cm³/mol. The van der Waals surface area contributed by atoms with Crippen LogP contribution in [0.15, 0.2) is 46.7 Å². The van der Waals surface area contributed by atoms with Gasteiger partial charge in [-0.05, 0) is 42.6 Å². The normalized spacial score (nSPS) is 14.6. The Balaban J connectivity index is 2.10. The lowest BCUT2D eigenvalue weighted by atomic mass is 10.1. The van der Waals surface area contributed by atoms with Crippen LogP contribution in [0.5, 0.6) is 5.75 Å².